The number of ketones is 1. The Labute approximate surface area is 148 Å². The van der Waals surface area contributed by atoms with Crippen molar-refractivity contribution in [1.29, 1.82) is 0 Å². The molecule has 0 aliphatic rings. The van der Waals surface area contributed by atoms with Crippen molar-refractivity contribution in [2.45, 2.75) is 52.6 Å². The molecule has 0 saturated carbocycles. The summed E-state index contributed by atoms with van der Waals surface area (Å²) in [7, 11) is 3.24. The third-order valence-corrected chi connectivity index (χ3v) is 4.22. The van der Waals surface area contributed by atoms with E-state index >= 15 is 0 Å². The minimum atomic E-state index is -0.479. The first-order valence-corrected chi connectivity index (χ1v) is 8.97. The number of carbonyl (C=O) groups excluding carboxylic acids is 2. The standard InChI is InChI=1S/C17H27N3O3S/c1-8-9-12-11(2)18-15(24-10-13(21)17(3,4)5)19-14(12)23-16(22)20(6)7/h8-10H2,1-7H3. The van der Waals surface area contributed by atoms with Gasteiger partial charge in [-0.2, -0.15) is 4.98 Å². The molecule has 1 amide bonds. The van der Waals surface area contributed by atoms with Gasteiger partial charge in [-0.3, -0.25) is 4.79 Å². The number of hydrogen-bond acceptors (Lipinski definition) is 6. The number of rotatable bonds is 6. The molecule has 0 radical (unpaired) electrons. The summed E-state index contributed by atoms with van der Waals surface area (Å²) < 4.78 is 5.39. The van der Waals surface area contributed by atoms with Crippen molar-refractivity contribution in [2.24, 2.45) is 5.41 Å². The van der Waals surface area contributed by atoms with E-state index in [-0.39, 0.29) is 17.4 Å². The fourth-order valence-corrected chi connectivity index (χ4v) is 2.79. The van der Waals surface area contributed by atoms with Crippen LogP contribution in [0.1, 0.15) is 45.4 Å². The van der Waals surface area contributed by atoms with Crippen LogP contribution in [0.5, 0.6) is 5.88 Å². The first-order chi connectivity index (χ1) is 11.1. The summed E-state index contributed by atoms with van der Waals surface area (Å²) in [6.07, 6.45) is 1.14. The molecule has 0 aliphatic heterocycles. The molecular weight excluding hydrogens is 326 g/mol. The van der Waals surface area contributed by atoms with E-state index in [4.69, 9.17) is 4.74 Å². The number of carbonyl (C=O) groups is 2. The lowest BCUT2D eigenvalue weighted by molar-refractivity contribution is -0.123. The molecule has 0 spiro atoms. The number of hydrogen-bond donors (Lipinski definition) is 0. The first-order valence-electron chi connectivity index (χ1n) is 7.99. The highest BCUT2D eigenvalue weighted by molar-refractivity contribution is 7.99. The Bertz CT molecular complexity index is 610. The minimum Gasteiger partial charge on any atom is -0.391 e. The summed E-state index contributed by atoms with van der Waals surface area (Å²) in [5.74, 6) is 0.698. The predicted octanol–water partition coefficient (Wildman–Crippen LogP) is 3.51. The van der Waals surface area contributed by atoms with E-state index < -0.39 is 11.5 Å². The van der Waals surface area contributed by atoms with E-state index in [1.807, 2.05) is 34.6 Å². The number of thioether (sulfide) groups is 1. The van der Waals surface area contributed by atoms with Crippen molar-refractivity contribution in [1.82, 2.24) is 14.9 Å². The highest BCUT2D eigenvalue weighted by Crippen LogP contribution is 2.27. The molecule has 0 saturated heterocycles. The number of Topliss-reactive ketones (excluding diaryl/α,β-unsaturated/α-hetero) is 1. The van der Waals surface area contributed by atoms with Crippen molar-refractivity contribution in [3.8, 4) is 5.88 Å². The predicted molar refractivity (Wildman–Crippen MR) is 95.7 cm³/mol. The Hall–Kier alpha value is -1.63. The van der Waals surface area contributed by atoms with E-state index in [2.05, 4.69) is 9.97 Å². The molecule has 1 heterocycles. The second-order valence-electron chi connectivity index (χ2n) is 6.85. The zero-order chi connectivity index (χ0) is 18.5. The summed E-state index contributed by atoms with van der Waals surface area (Å²) in [6, 6.07) is 0. The second-order valence-corrected chi connectivity index (χ2v) is 7.79. The second kappa shape index (κ2) is 8.46. The van der Waals surface area contributed by atoms with Crippen LogP contribution >= 0.6 is 11.8 Å². The fourth-order valence-electron chi connectivity index (χ4n) is 1.75. The van der Waals surface area contributed by atoms with Crippen molar-refractivity contribution in [2.75, 3.05) is 19.8 Å². The summed E-state index contributed by atoms with van der Waals surface area (Å²) in [5, 5.41) is 0.450. The average Bonchev–Trinajstić information content (AvgIpc) is 2.47. The summed E-state index contributed by atoms with van der Waals surface area (Å²) in [4.78, 5) is 34.1. The minimum absolute atomic E-state index is 0.123. The zero-order valence-corrected chi connectivity index (χ0v) is 16.4. The summed E-state index contributed by atoms with van der Waals surface area (Å²) in [5.41, 5.74) is 1.21. The molecule has 134 valence electrons. The Morgan fingerprint density at radius 3 is 2.33 bits per heavy atom. The number of nitrogens with zero attached hydrogens (tertiary/aromatic N) is 3. The largest absolute Gasteiger partial charge is 0.416 e. The Kier molecular flexibility index (Phi) is 7.20. The third-order valence-electron chi connectivity index (χ3n) is 3.37. The maximum atomic E-state index is 12.1. The monoisotopic (exact) mass is 353 g/mol. The van der Waals surface area contributed by atoms with Crippen molar-refractivity contribution < 1.29 is 14.3 Å². The Morgan fingerprint density at radius 2 is 1.83 bits per heavy atom. The van der Waals surface area contributed by atoms with Crippen LogP contribution in [-0.4, -0.2) is 46.6 Å². The summed E-state index contributed by atoms with van der Waals surface area (Å²) in [6.45, 7) is 9.57. The van der Waals surface area contributed by atoms with Gasteiger partial charge in [-0.15, -0.1) is 0 Å². The van der Waals surface area contributed by atoms with Gasteiger partial charge in [0.25, 0.3) is 0 Å². The van der Waals surface area contributed by atoms with E-state index in [1.165, 1.54) is 16.7 Å². The van der Waals surface area contributed by atoms with Crippen molar-refractivity contribution in [3.63, 3.8) is 0 Å². The SMILES string of the molecule is CCCc1c(C)nc(SCC(=O)C(C)(C)C)nc1OC(=O)N(C)C. The highest BCUT2D eigenvalue weighted by Gasteiger charge is 2.22. The summed E-state index contributed by atoms with van der Waals surface area (Å²) >= 11 is 1.27. The molecule has 0 bridgehead atoms. The van der Waals surface area contributed by atoms with Crippen LogP contribution in [0.4, 0.5) is 4.79 Å². The molecule has 1 aromatic rings. The van der Waals surface area contributed by atoms with Gasteiger partial charge in [-0.25, -0.2) is 9.78 Å². The van der Waals surface area contributed by atoms with E-state index in [0.29, 0.717) is 5.16 Å². The maximum Gasteiger partial charge on any atom is 0.416 e. The van der Waals surface area contributed by atoms with E-state index in [9.17, 15) is 9.59 Å². The van der Waals surface area contributed by atoms with Crippen molar-refractivity contribution >= 4 is 23.6 Å². The van der Waals surface area contributed by atoms with Crippen LogP contribution in [0.3, 0.4) is 0 Å². The molecule has 24 heavy (non-hydrogen) atoms. The smallest absolute Gasteiger partial charge is 0.391 e. The number of ether oxygens (including phenoxy) is 1. The van der Waals surface area contributed by atoms with Crippen LogP contribution in [-0.2, 0) is 11.2 Å². The van der Waals surface area contributed by atoms with Gasteiger partial charge in [-0.05, 0) is 13.3 Å². The molecule has 0 fully saturated rings. The lowest BCUT2D eigenvalue weighted by atomic mass is 9.92. The van der Waals surface area contributed by atoms with Crippen LogP contribution in [0.2, 0.25) is 0 Å². The van der Waals surface area contributed by atoms with Gasteiger partial charge in [0.1, 0.15) is 5.78 Å². The molecule has 7 heteroatoms. The van der Waals surface area contributed by atoms with Crippen LogP contribution < -0.4 is 4.74 Å². The van der Waals surface area contributed by atoms with Crippen LogP contribution in [0.15, 0.2) is 5.16 Å². The van der Waals surface area contributed by atoms with Crippen molar-refractivity contribution in [3.05, 3.63) is 11.3 Å². The molecule has 1 rings (SSSR count). The number of amides is 1. The molecule has 6 nitrogen and oxygen atoms in total. The van der Waals surface area contributed by atoms with Gasteiger partial charge in [0.05, 0.1) is 5.75 Å². The maximum absolute atomic E-state index is 12.1. The lowest BCUT2D eigenvalue weighted by Gasteiger charge is -2.17. The molecule has 0 aliphatic carbocycles. The van der Waals surface area contributed by atoms with Gasteiger partial charge in [0, 0.05) is 30.8 Å². The van der Waals surface area contributed by atoms with Gasteiger partial charge >= 0.3 is 6.09 Å². The normalized spacial score (nSPS) is 11.3. The topological polar surface area (TPSA) is 72.4 Å². The number of aromatic nitrogens is 2. The molecule has 0 atom stereocenters. The molecule has 0 aromatic carbocycles. The number of aryl methyl sites for hydroxylation is 1. The zero-order valence-electron chi connectivity index (χ0n) is 15.6. The quantitative estimate of drug-likeness (QED) is 0.576. The van der Waals surface area contributed by atoms with Crippen LogP contribution in [0.25, 0.3) is 0 Å². The third kappa shape index (κ3) is 5.78. The van der Waals surface area contributed by atoms with Gasteiger partial charge < -0.3 is 9.64 Å². The molecule has 0 unspecified atom stereocenters. The molecule has 1 aromatic heterocycles. The van der Waals surface area contributed by atoms with Gasteiger partial charge in [0.2, 0.25) is 5.88 Å². The highest BCUT2D eigenvalue weighted by atomic mass is 32.2. The van der Waals surface area contributed by atoms with Gasteiger partial charge in [-0.1, -0.05) is 45.9 Å². The van der Waals surface area contributed by atoms with E-state index in [1.54, 1.807) is 14.1 Å². The Morgan fingerprint density at radius 1 is 1.21 bits per heavy atom. The average molecular weight is 353 g/mol. The molecule has 0 N–H and O–H groups in total. The molecular formula is C17H27N3O3S. The Balaban J connectivity index is 3.05. The van der Waals surface area contributed by atoms with Crippen LogP contribution in [0, 0.1) is 12.3 Å². The van der Waals surface area contributed by atoms with Gasteiger partial charge in [0.15, 0.2) is 5.16 Å². The fraction of sp³-hybridized carbons (Fsp3) is 0.647. The lowest BCUT2D eigenvalue weighted by Crippen LogP contribution is -2.26. The first kappa shape index (κ1) is 20.4. The van der Waals surface area contributed by atoms with E-state index in [0.717, 1.165) is 24.1 Å².